The molecule has 0 fully saturated rings. The van der Waals surface area contributed by atoms with E-state index in [4.69, 9.17) is 21.4 Å². The summed E-state index contributed by atoms with van der Waals surface area (Å²) in [5.74, 6) is -0.613. The van der Waals surface area contributed by atoms with Gasteiger partial charge in [0.1, 0.15) is 0 Å². The van der Waals surface area contributed by atoms with Gasteiger partial charge in [-0.2, -0.15) is 0 Å². The Balaban J connectivity index is 2.57. The van der Waals surface area contributed by atoms with Crippen LogP contribution in [0.25, 0.3) is 0 Å². The molecule has 100 valence electrons. The average Bonchev–Trinajstić information content (AvgIpc) is 2.35. The highest BCUT2D eigenvalue weighted by Crippen LogP contribution is 2.25. The number of thioether (sulfide) groups is 1. The van der Waals surface area contributed by atoms with Gasteiger partial charge in [0.15, 0.2) is 0 Å². The minimum absolute atomic E-state index is 0.0703. The van der Waals surface area contributed by atoms with Crippen LogP contribution in [-0.4, -0.2) is 41.3 Å². The Bertz CT molecular complexity index is 411. The van der Waals surface area contributed by atoms with Crippen molar-refractivity contribution in [1.82, 2.24) is 0 Å². The molecular formula is C12H15ClO4S. The molecule has 0 aliphatic heterocycles. The lowest BCUT2D eigenvalue weighted by Crippen LogP contribution is -2.17. The zero-order valence-corrected chi connectivity index (χ0v) is 11.5. The number of hydrogen-bond donors (Lipinski definition) is 2. The Hall–Kier alpha value is -0.750. The van der Waals surface area contributed by atoms with E-state index in [0.717, 1.165) is 4.90 Å². The summed E-state index contributed by atoms with van der Waals surface area (Å²) in [6.07, 6.45) is -0.570. The van der Waals surface area contributed by atoms with Gasteiger partial charge in [0.05, 0.1) is 23.3 Å². The number of carboxylic acids is 1. The van der Waals surface area contributed by atoms with Gasteiger partial charge in [-0.1, -0.05) is 11.6 Å². The van der Waals surface area contributed by atoms with Gasteiger partial charge in [-0.3, -0.25) is 0 Å². The Kier molecular flexibility index (Phi) is 6.49. The van der Waals surface area contributed by atoms with Crippen molar-refractivity contribution in [2.24, 2.45) is 0 Å². The van der Waals surface area contributed by atoms with Crippen molar-refractivity contribution in [1.29, 1.82) is 0 Å². The average molecular weight is 291 g/mol. The van der Waals surface area contributed by atoms with Gasteiger partial charge in [-0.15, -0.1) is 11.8 Å². The van der Waals surface area contributed by atoms with E-state index in [9.17, 15) is 9.90 Å². The third kappa shape index (κ3) is 4.86. The maximum Gasteiger partial charge on any atom is 0.337 e. The van der Waals surface area contributed by atoms with Crippen molar-refractivity contribution in [2.75, 3.05) is 19.0 Å². The van der Waals surface area contributed by atoms with E-state index in [1.807, 2.05) is 6.92 Å². The van der Waals surface area contributed by atoms with Crippen LogP contribution in [0.1, 0.15) is 17.3 Å². The first-order chi connectivity index (χ1) is 8.54. The van der Waals surface area contributed by atoms with E-state index < -0.39 is 12.1 Å². The van der Waals surface area contributed by atoms with Gasteiger partial charge in [0, 0.05) is 17.3 Å². The molecule has 1 aromatic carbocycles. The van der Waals surface area contributed by atoms with Crippen molar-refractivity contribution < 1.29 is 19.7 Å². The van der Waals surface area contributed by atoms with Gasteiger partial charge >= 0.3 is 5.97 Å². The SMILES string of the molecule is CCOCC(O)CSc1ccc(Cl)c(C(=O)O)c1. The van der Waals surface area contributed by atoms with E-state index in [0.29, 0.717) is 12.4 Å². The highest BCUT2D eigenvalue weighted by molar-refractivity contribution is 7.99. The quantitative estimate of drug-likeness (QED) is 0.755. The molecule has 1 aromatic rings. The molecule has 0 heterocycles. The summed E-state index contributed by atoms with van der Waals surface area (Å²) in [6, 6.07) is 4.78. The fraction of sp³-hybridized carbons (Fsp3) is 0.417. The fourth-order valence-corrected chi connectivity index (χ4v) is 2.30. The Labute approximate surface area is 115 Å². The Morgan fingerprint density at radius 3 is 2.89 bits per heavy atom. The van der Waals surface area contributed by atoms with E-state index in [2.05, 4.69) is 0 Å². The molecule has 6 heteroatoms. The first-order valence-corrected chi connectivity index (χ1v) is 6.82. The summed E-state index contributed by atoms with van der Waals surface area (Å²) in [6.45, 7) is 2.70. The van der Waals surface area contributed by atoms with Crippen LogP contribution in [0.15, 0.2) is 23.1 Å². The van der Waals surface area contributed by atoms with Crippen LogP contribution >= 0.6 is 23.4 Å². The highest BCUT2D eigenvalue weighted by atomic mass is 35.5. The summed E-state index contributed by atoms with van der Waals surface area (Å²) in [7, 11) is 0. The molecule has 2 N–H and O–H groups in total. The monoisotopic (exact) mass is 290 g/mol. The maximum absolute atomic E-state index is 10.9. The second kappa shape index (κ2) is 7.63. The maximum atomic E-state index is 10.9. The number of aliphatic hydroxyl groups excluding tert-OH is 1. The Morgan fingerprint density at radius 1 is 1.56 bits per heavy atom. The van der Waals surface area contributed by atoms with E-state index in [1.54, 1.807) is 12.1 Å². The van der Waals surface area contributed by atoms with Crippen LogP contribution in [0.4, 0.5) is 0 Å². The third-order valence-corrected chi connectivity index (χ3v) is 3.59. The molecule has 0 aliphatic rings. The lowest BCUT2D eigenvalue weighted by atomic mass is 10.2. The van der Waals surface area contributed by atoms with Crippen LogP contribution in [0, 0.1) is 0 Å². The van der Waals surface area contributed by atoms with Gasteiger partial charge in [0.25, 0.3) is 0 Å². The number of carbonyl (C=O) groups is 1. The van der Waals surface area contributed by atoms with Gasteiger partial charge < -0.3 is 14.9 Å². The molecule has 4 nitrogen and oxygen atoms in total. The molecule has 1 unspecified atom stereocenters. The van der Waals surface area contributed by atoms with Crippen LogP contribution in [0.2, 0.25) is 5.02 Å². The molecule has 0 aliphatic carbocycles. The van der Waals surface area contributed by atoms with Crippen molar-refractivity contribution in [3.63, 3.8) is 0 Å². The van der Waals surface area contributed by atoms with Crippen molar-refractivity contribution in [3.05, 3.63) is 28.8 Å². The smallest absolute Gasteiger partial charge is 0.337 e. The molecule has 1 rings (SSSR count). The number of rotatable bonds is 7. The number of aromatic carboxylic acids is 1. The van der Waals surface area contributed by atoms with Gasteiger partial charge in [-0.25, -0.2) is 4.79 Å². The molecule has 0 radical (unpaired) electrons. The molecule has 0 spiro atoms. The largest absolute Gasteiger partial charge is 0.478 e. The van der Waals surface area contributed by atoms with Crippen molar-refractivity contribution in [3.8, 4) is 0 Å². The normalized spacial score (nSPS) is 12.4. The molecule has 0 aromatic heterocycles. The highest BCUT2D eigenvalue weighted by Gasteiger charge is 2.11. The number of halogens is 1. The van der Waals surface area contributed by atoms with Crippen LogP contribution in [0.3, 0.4) is 0 Å². The minimum atomic E-state index is -1.06. The van der Waals surface area contributed by atoms with Gasteiger partial charge in [-0.05, 0) is 25.1 Å². The lowest BCUT2D eigenvalue weighted by Gasteiger charge is -2.10. The third-order valence-electron chi connectivity index (χ3n) is 2.12. The summed E-state index contributed by atoms with van der Waals surface area (Å²) in [4.78, 5) is 11.6. The Morgan fingerprint density at radius 2 is 2.28 bits per heavy atom. The zero-order chi connectivity index (χ0) is 13.5. The zero-order valence-electron chi connectivity index (χ0n) is 9.93. The number of hydrogen-bond acceptors (Lipinski definition) is 4. The van der Waals surface area contributed by atoms with E-state index >= 15 is 0 Å². The topological polar surface area (TPSA) is 66.8 Å². The minimum Gasteiger partial charge on any atom is -0.478 e. The molecule has 0 saturated heterocycles. The van der Waals surface area contributed by atoms with E-state index in [-0.39, 0.29) is 17.2 Å². The molecule has 0 amide bonds. The van der Waals surface area contributed by atoms with Crippen molar-refractivity contribution >= 4 is 29.3 Å². The predicted octanol–water partition coefficient (Wildman–Crippen LogP) is 2.53. The predicted molar refractivity (Wildman–Crippen MR) is 71.6 cm³/mol. The van der Waals surface area contributed by atoms with Gasteiger partial charge in [0.2, 0.25) is 0 Å². The molecule has 18 heavy (non-hydrogen) atoms. The van der Waals surface area contributed by atoms with Crippen LogP contribution in [0.5, 0.6) is 0 Å². The van der Waals surface area contributed by atoms with Crippen LogP contribution in [-0.2, 0) is 4.74 Å². The standard InChI is InChI=1S/C12H15ClO4S/c1-2-17-6-8(14)7-18-9-3-4-11(13)10(5-9)12(15)16/h3-5,8,14H,2,6-7H2,1H3,(H,15,16). The molecule has 0 saturated carbocycles. The number of ether oxygens (including phenoxy) is 1. The summed E-state index contributed by atoms with van der Waals surface area (Å²) >= 11 is 7.13. The first-order valence-electron chi connectivity index (χ1n) is 5.46. The van der Waals surface area contributed by atoms with Crippen molar-refractivity contribution in [2.45, 2.75) is 17.9 Å². The second-order valence-electron chi connectivity index (χ2n) is 3.57. The molecule has 1 atom stereocenters. The summed E-state index contributed by atoms with van der Waals surface area (Å²) in [5, 5.41) is 18.7. The molecular weight excluding hydrogens is 276 g/mol. The van der Waals surface area contributed by atoms with Crippen LogP contribution < -0.4 is 0 Å². The first kappa shape index (κ1) is 15.3. The summed E-state index contributed by atoms with van der Waals surface area (Å²) < 4.78 is 5.09. The number of carboxylic acid groups (broad SMARTS) is 1. The lowest BCUT2D eigenvalue weighted by molar-refractivity contribution is 0.0551. The summed E-state index contributed by atoms with van der Waals surface area (Å²) in [5.41, 5.74) is 0.0703. The van der Waals surface area contributed by atoms with E-state index in [1.165, 1.54) is 17.8 Å². The molecule has 0 bridgehead atoms. The number of benzene rings is 1. The number of aliphatic hydroxyl groups is 1. The fourth-order valence-electron chi connectivity index (χ4n) is 1.25. The second-order valence-corrected chi connectivity index (χ2v) is 5.07.